The van der Waals surface area contributed by atoms with Crippen LogP contribution in [0.3, 0.4) is 0 Å². The van der Waals surface area contributed by atoms with Crippen LogP contribution in [0.15, 0.2) is 26.0 Å². The number of hydrogen-bond acceptors (Lipinski definition) is 5. The molecule has 6 nitrogen and oxygen atoms in total. The zero-order valence-corrected chi connectivity index (χ0v) is 15.9. The van der Waals surface area contributed by atoms with E-state index in [0.717, 1.165) is 34.0 Å². The van der Waals surface area contributed by atoms with Crippen LogP contribution in [-0.4, -0.2) is 38.0 Å². The average Bonchev–Trinajstić information content (AvgIpc) is 2.93. The molecule has 6 heteroatoms. The molecule has 1 amide bonds. The number of likely N-dealkylation sites (N-methyl/N-ethyl adjacent to an activating group) is 1. The molecule has 0 spiro atoms. The van der Waals surface area contributed by atoms with Crippen LogP contribution in [0.5, 0.6) is 0 Å². The summed E-state index contributed by atoms with van der Waals surface area (Å²) in [5.41, 5.74) is 3.86. The third-order valence-electron chi connectivity index (χ3n) is 4.69. The van der Waals surface area contributed by atoms with Gasteiger partial charge in [0.1, 0.15) is 11.2 Å². The number of fused-ring (bicyclic) bond motifs is 3. The van der Waals surface area contributed by atoms with Gasteiger partial charge in [0.05, 0.1) is 23.6 Å². The number of nitrogens with one attached hydrogen (secondary N) is 1. The van der Waals surface area contributed by atoms with Gasteiger partial charge in [-0.2, -0.15) is 0 Å². The van der Waals surface area contributed by atoms with Crippen LogP contribution in [0.2, 0.25) is 0 Å². The molecule has 0 aliphatic heterocycles. The van der Waals surface area contributed by atoms with Crippen molar-refractivity contribution in [2.45, 2.75) is 27.2 Å². The van der Waals surface area contributed by atoms with Gasteiger partial charge < -0.3 is 19.1 Å². The van der Waals surface area contributed by atoms with Gasteiger partial charge in [-0.05, 0) is 57.6 Å². The zero-order valence-electron chi connectivity index (χ0n) is 15.9. The van der Waals surface area contributed by atoms with Crippen molar-refractivity contribution in [2.24, 2.45) is 0 Å². The number of hydrogen-bond donors (Lipinski definition) is 1. The van der Waals surface area contributed by atoms with E-state index in [1.165, 1.54) is 0 Å². The van der Waals surface area contributed by atoms with Gasteiger partial charge in [0.2, 0.25) is 5.91 Å². The van der Waals surface area contributed by atoms with Crippen LogP contribution in [0.25, 0.3) is 21.9 Å². The Morgan fingerprint density at radius 1 is 1.15 bits per heavy atom. The Bertz CT molecular complexity index is 1040. The van der Waals surface area contributed by atoms with Gasteiger partial charge in [0, 0.05) is 18.5 Å². The van der Waals surface area contributed by atoms with E-state index >= 15 is 0 Å². The molecule has 3 aromatic rings. The Labute approximate surface area is 151 Å². The van der Waals surface area contributed by atoms with Gasteiger partial charge >= 0.3 is 5.63 Å². The fourth-order valence-electron chi connectivity index (χ4n) is 3.32. The first-order chi connectivity index (χ1) is 12.3. The maximum Gasteiger partial charge on any atom is 0.340 e. The third kappa shape index (κ3) is 3.24. The molecule has 1 aromatic carbocycles. The summed E-state index contributed by atoms with van der Waals surface area (Å²) in [5.74, 6) is -0.194. The lowest BCUT2D eigenvalue weighted by Gasteiger charge is -2.12. The van der Waals surface area contributed by atoms with Crippen LogP contribution >= 0.6 is 0 Å². The quantitative estimate of drug-likeness (QED) is 0.712. The largest absolute Gasteiger partial charge is 0.463 e. The minimum Gasteiger partial charge on any atom is -0.463 e. The highest BCUT2D eigenvalue weighted by atomic mass is 16.4. The Morgan fingerprint density at radius 2 is 1.88 bits per heavy atom. The molecular weight excluding hydrogens is 332 g/mol. The van der Waals surface area contributed by atoms with Crippen molar-refractivity contribution in [2.75, 3.05) is 27.2 Å². The number of carbonyl (C=O) groups is 1. The second kappa shape index (κ2) is 6.96. The van der Waals surface area contributed by atoms with E-state index in [0.29, 0.717) is 23.3 Å². The van der Waals surface area contributed by atoms with Crippen LogP contribution in [0.4, 0.5) is 0 Å². The number of furan rings is 1. The molecule has 0 saturated carbocycles. The molecule has 0 aliphatic carbocycles. The predicted octanol–water partition coefficient (Wildman–Crippen LogP) is 2.68. The first-order valence-corrected chi connectivity index (χ1v) is 8.64. The highest BCUT2D eigenvalue weighted by molar-refractivity contribution is 6.07. The Balaban J connectivity index is 2.04. The molecule has 26 heavy (non-hydrogen) atoms. The fraction of sp³-hybridized carbons (Fsp3) is 0.400. The molecule has 3 rings (SSSR count). The first-order valence-electron chi connectivity index (χ1n) is 8.64. The average molecular weight is 356 g/mol. The van der Waals surface area contributed by atoms with Crippen molar-refractivity contribution in [3.05, 3.63) is 45.0 Å². The standard InChI is InChI=1S/C20H24N2O4/c1-11-8-15-18(19-17(11)12(2)10-25-19)13(3)14(20(24)26-15)9-16(23)21-6-7-22(4)5/h8,10H,6-7,9H2,1-5H3,(H,21,23). The molecule has 0 radical (unpaired) electrons. The maximum atomic E-state index is 12.4. The number of benzene rings is 1. The topological polar surface area (TPSA) is 75.7 Å². The Morgan fingerprint density at radius 3 is 2.58 bits per heavy atom. The molecule has 0 fully saturated rings. The highest BCUT2D eigenvalue weighted by Gasteiger charge is 2.19. The number of aryl methyl sites for hydroxylation is 3. The number of carbonyl (C=O) groups excluding carboxylic acids is 1. The molecule has 0 aliphatic rings. The number of nitrogens with zero attached hydrogens (tertiary/aromatic N) is 1. The normalized spacial score (nSPS) is 11.6. The number of amides is 1. The van der Waals surface area contributed by atoms with Crippen molar-refractivity contribution in [3.63, 3.8) is 0 Å². The van der Waals surface area contributed by atoms with Crippen molar-refractivity contribution in [1.29, 1.82) is 0 Å². The van der Waals surface area contributed by atoms with Crippen molar-refractivity contribution >= 4 is 27.8 Å². The SMILES string of the molecule is Cc1coc2c1c(C)cc1oc(=O)c(CC(=O)NCCN(C)C)c(C)c12. The van der Waals surface area contributed by atoms with Crippen molar-refractivity contribution in [3.8, 4) is 0 Å². The smallest absolute Gasteiger partial charge is 0.340 e. The van der Waals surface area contributed by atoms with E-state index < -0.39 is 5.63 Å². The lowest BCUT2D eigenvalue weighted by Crippen LogP contribution is -2.33. The van der Waals surface area contributed by atoms with Gasteiger partial charge in [0.25, 0.3) is 0 Å². The van der Waals surface area contributed by atoms with Gasteiger partial charge in [-0.15, -0.1) is 0 Å². The Hall–Kier alpha value is -2.60. The first kappa shape index (κ1) is 18.2. The Kier molecular flexibility index (Phi) is 4.87. The fourth-order valence-corrected chi connectivity index (χ4v) is 3.32. The van der Waals surface area contributed by atoms with Gasteiger partial charge in [-0.25, -0.2) is 4.79 Å². The monoisotopic (exact) mass is 356 g/mol. The van der Waals surface area contributed by atoms with Gasteiger partial charge in [0.15, 0.2) is 0 Å². The summed E-state index contributed by atoms with van der Waals surface area (Å²) < 4.78 is 11.3. The second-order valence-corrected chi connectivity index (χ2v) is 7.01. The lowest BCUT2D eigenvalue weighted by atomic mass is 9.99. The summed E-state index contributed by atoms with van der Waals surface area (Å²) in [4.78, 5) is 26.6. The lowest BCUT2D eigenvalue weighted by molar-refractivity contribution is -0.120. The zero-order chi connectivity index (χ0) is 19.0. The summed E-state index contributed by atoms with van der Waals surface area (Å²) >= 11 is 0. The predicted molar refractivity (Wildman–Crippen MR) is 102 cm³/mol. The second-order valence-electron chi connectivity index (χ2n) is 7.01. The van der Waals surface area contributed by atoms with E-state index in [-0.39, 0.29) is 12.3 Å². The summed E-state index contributed by atoms with van der Waals surface area (Å²) in [6, 6.07) is 1.86. The molecule has 0 atom stereocenters. The molecule has 138 valence electrons. The maximum absolute atomic E-state index is 12.4. The molecular formula is C20H24N2O4. The summed E-state index contributed by atoms with van der Waals surface area (Å²) in [6.45, 7) is 7.06. The van der Waals surface area contributed by atoms with E-state index in [4.69, 9.17) is 8.83 Å². The minimum absolute atomic E-state index is 0.00735. The van der Waals surface area contributed by atoms with E-state index in [9.17, 15) is 9.59 Å². The van der Waals surface area contributed by atoms with Crippen LogP contribution in [-0.2, 0) is 11.2 Å². The molecule has 0 saturated heterocycles. The third-order valence-corrected chi connectivity index (χ3v) is 4.69. The summed E-state index contributed by atoms with van der Waals surface area (Å²) in [7, 11) is 3.87. The van der Waals surface area contributed by atoms with Crippen LogP contribution in [0, 0.1) is 20.8 Å². The van der Waals surface area contributed by atoms with Crippen LogP contribution in [0.1, 0.15) is 22.3 Å². The van der Waals surface area contributed by atoms with Gasteiger partial charge in [-0.3, -0.25) is 4.79 Å². The molecule has 0 unspecified atom stereocenters. The van der Waals surface area contributed by atoms with E-state index in [1.54, 1.807) is 6.26 Å². The van der Waals surface area contributed by atoms with E-state index in [2.05, 4.69) is 5.32 Å². The molecule has 0 bridgehead atoms. The molecule has 2 heterocycles. The highest BCUT2D eigenvalue weighted by Crippen LogP contribution is 2.34. The summed E-state index contributed by atoms with van der Waals surface area (Å²) in [5, 5.41) is 4.61. The molecule has 2 aromatic heterocycles. The number of rotatable bonds is 5. The van der Waals surface area contributed by atoms with E-state index in [1.807, 2.05) is 45.8 Å². The van der Waals surface area contributed by atoms with Crippen molar-refractivity contribution < 1.29 is 13.6 Å². The van der Waals surface area contributed by atoms with Crippen molar-refractivity contribution in [1.82, 2.24) is 10.2 Å². The van der Waals surface area contributed by atoms with Crippen LogP contribution < -0.4 is 10.9 Å². The van der Waals surface area contributed by atoms with Gasteiger partial charge in [-0.1, -0.05) is 0 Å². The summed E-state index contributed by atoms with van der Waals surface area (Å²) in [6.07, 6.45) is 1.70. The molecule has 1 N–H and O–H groups in total. The minimum atomic E-state index is -0.472.